The van der Waals surface area contributed by atoms with Crippen molar-refractivity contribution in [2.75, 3.05) is 0 Å². The highest BCUT2D eigenvalue weighted by molar-refractivity contribution is 5.94. The lowest BCUT2D eigenvalue weighted by Crippen LogP contribution is -2.14. The van der Waals surface area contributed by atoms with Crippen molar-refractivity contribution in [1.29, 1.82) is 0 Å². The molecule has 0 spiro atoms. The number of hydrogen-bond acceptors (Lipinski definition) is 5. The Balaban J connectivity index is 1.90. The van der Waals surface area contributed by atoms with Crippen LogP contribution in [0.25, 0.3) is 11.1 Å². The smallest absolute Gasteiger partial charge is 0.360 e. The summed E-state index contributed by atoms with van der Waals surface area (Å²) in [6.07, 6.45) is 3.79. The molecule has 0 aliphatic carbocycles. The fraction of sp³-hybridized carbons (Fsp3) is 0. The Morgan fingerprint density at radius 2 is 2.17 bits per heavy atom. The Morgan fingerprint density at radius 3 is 2.94 bits per heavy atom. The zero-order chi connectivity index (χ0) is 12.5. The van der Waals surface area contributed by atoms with Crippen molar-refractivity contribution in [1.82, 2.24) is 4.98 Å². The molecular weight excluding hydrogens is 238 g/mol. The maximum absolute atomic E-state index is 11.8. The molecule has 3 heterocycles. The van der Waals surface area contributed by atoms with E-state index >= 15 is 0 Å². The third-order valence-electron chi connectivity index (χ3n) is 2.38. The molecular formula is C12H7NO5. The third kappa shape index (κ3) is 1.69. The molecule has 3 aromatic rings. The zero-order valence-electron chi connectivity index (χ0n) is 9.01. The van der Waals surface area contributed by atoms with Gasteiger partial charge in [0.1, 0.15) is 12.0 Å². The minimum absolute atomic E-state index is 0.159. The van der Waals surface area contributed by atoms with E-state index in [2.05, 4.69) is 4.98 Å². The second-order valence-corrected chi connectivity index (χ2v) is 3.56. The fourth-order valence-corrected chi connectivity index (χ4v) is 1.53. The van der Waals surface area contributed by atoms with Gasteiger partial charge in [0, 0.05) is 18.2 Å². The van der Waals surface area contributed by atoms with Gasteiger partial charge in [-0.3, -0.25) is 4.79 Å². The molecule has 0 bridgehead atoms. The average Bonchev–Trinajstić information content (AvgIpc) is 2.92. The normalized spacial score (nSPS) is 10.7. The number of aromatic nitrogens is 1. The molecule has 18 heavy (non-hydrogen) atoms. The van der Waals surface area contributed by atoms with E-state index in [1.807, 2.05) is 0 Å². The van der Waals surface area contributed by atoms with Gasteiger partial charge in [0.2, 0.25) is 11.2 Å². The van der Waals surface area contributed by atoms with Crippen molar-refractivity contribution >= 4 is 17.1 Å². The molecule has 6 nitrogen and oxygen atoms in total. The highest BCUT2D eigenvalue weighted by atomic mass is 16.5. The first-order valence-corrected chi connectivity index (χ1v) is 5.09. The number of carbonyl (C=O) groups excluding carboxylic acids is 1. The predicted octanol–water partition coefficient (Wildman–Crippen LogP) is 1.93. The lowest BCUT2D eigenvalue weighted by atomic mass is 10.4. The first-order valence-electron chi connectivity index (χ1n) is 5.09. The van der Waals surface area contributed by atoms with Gasteiger partial charge >= 0.3 is 5.97 Å². The summed E-state index contributed by atoms with van der Waals surface area (Å²) in [6.45, 7) is 0. The van der Waals surface area contributed by atoms with E-state index in [1.165, 1.54) is 24.7 Å². The summed E-state index contributed by atoms with van der Waals surface area (Å²) in [5.74, 6) is -0.839. The van der Waals surface area contributed by atoms with E-state index in [1.54, 1.807) is 6.07 Å². The van der Waals surface area contributed by atoms with E-state index in [0.717, 1.165) is 6.26 Å². The highest BCUT2D eigenvalue weighted by Gasteiger charge is 2.15. The number of nitrogens with one attached hydrogen (secondary N) is 1. The van der Waals surface area contributed by atoms with Crippen LogP contribution < -0.4 is 10.2 Å². The molecule has 0 fully saturated rings. The largest absolute Gasteiger partial charge is 0.468 e. The number of rotatable bonds is 2. The molecule has 0 saturated carbocycles. The van der Waals surface area contributed by atoms with Gasteiger partial charge in [-0.25, -0.2) is 4.79 Å². The van der Waals surface area contributed by atoms with Gasteiger partial charge in [0.15, 0.2) is 5.58 Å². The molecule has 0 unspecified atom stereocenters. The van der Waals surface area contributed by atoms with Crippen LogP contribution in [0.3, 0.4) is 0 Å². The molecule has 0 radical (unpaired) electrons. The first kappa shape index (κ1) is 10.4. The van der Waals surface area contributed by atoms with Crippen LogP contribution in [0.1, 0.15) is 10.5 Å². The van der Waals surface area contributed by atoms with Crippen LogP contribution in [-0.2, 0) is 0 Å². The van der Waals surface area contributed by atoms with E-state index in [0.29, 0.717) is 11.1 Å². The number of furan rings is 1. The molecule has 0 aliphatic heterocycles. The summed E-state index contributed by atoms with van der Waals surface area (Å²) in [5.41, 5.74) is 1.00. The summed E-state index contributed by atoms with van der Waals surface area (Å²) in [4.78, 5) is 25.9. The van der Waals surface area contributed by atoms with E-state index in [9.17, 15) is 9.59 Å². The van der Waals surface area contributed by atoms with E-state index in [4.69, 9.17) is 13.6 Å². The quantitative estimate of drug-likeness (QED) is 0.697. The van der Waals surface area contributed by atoms with Gasteiger partial charge in [-0.15, -0.1) is 0 Å². The average molecular weight is 245 g/mol. The number of esters is 1. The Hall–Kier alpha value is -2.76. The molecule has 6 heteroatoms. The number of aromatic amines is 1. The molecule has 0 saturated heterocycles. The number of fused-ring (bicyclic) bond motifs is 1. The van der Waals surface area contributed by atoms with Crippen LogP contribution in [0.5, 0.6) is 5.75 Å². The van der Waals surface area contributed by atoms with Gasteiger partial charge in [-0.1, -0.05) is 0 Å². The second-order valence-electron chi connectivity index (χ2n) is 3.56. The number of hydrogen-bond donors (Lipinski definition) is 1. The summed E-state index contributed by atoms with van der Waals surface area (Å²) < 4.78 is 14.8. The number of carbonyl (C=O) groups is 1. The van der Waals surface area contributed by atoms with Crippen molar-refractivity contribution in [2.24, 2.45) is 0 Å². The van der Waals surface area contributed by atoms with Crippen molar-refractivity contribution in [3.8, 4) is 5.75 Å². The van der Waals surface area contributed by atoms with Gasteiger partial charge < -0.3 is 18.6 Å². The summed E-state index contributed by atoms with van der Waals surface area (Å²) >= 11 is 0. The standard InChI is InChI=1S/C12H7NO5/c14-9-2-3-16-6-11(9)18-12(15)8-5-10-7(13-8)1-4-17-10/h1-6,13H. The van der Waals surface area contributed by atoms with Crippen molar-refractivity contribution in [2.45, 2.75) is 0 Å². The van der Waals surface area contributed by atoms with Crippen LogP contribution >= 0.6 is 0 Å². The van der Waals surface area contributed by atoms with Gasteiger partial charge in [0.25, 0.3) is 0 Å². The Kier molecular flexibility index (Phi) is 2.26. The summed E-state index contributed by atoms with van der Waals surface area (Å²) in [6, 6.07) is 4.36. The molecule has 3 rings (SSSR count). The van der Waals surface area contributed by atoms with Gasteiger partial charge in [-0.2, -0.15) is 0 Å². The topological polar surface area (TPSA) is 85.4 Å². The third-order valence-corrected chi connectivity index (χ3v) is 2.38. The zero-order valence-corrected chi connectivity index (χ0v) is 9.01. The monoisotopic (exact) mass is 245 g/mol. The highest BCUT2D eigenvalue weighted by Crippen LogP contribution is 2.17. The summed E-state index contributed by atoms with van der Waals surface area (Å²) in [5, 5.41) is 0. The van der Waals surface area contributed by atoms with Crippen molar-refractivity contribution in [3.63, 3.8) is 0 Å². The van der Waals surface area contributed by atoms with E-state index in [-0.39, 0.29) is 11.4 Å². The SMILES string of the molecule is O=C(Oc1coccc1=O)c1cc2occc2[nH]1. The summed E-state index contributed by atoms with van der Waals surface area (Å²) in [7, 11) is 0. The molecule has 0 amide bonds. The van der Waals surface area contributed by atoms with Crippen LogP contribution in [0.15, 0.2) is 50.6 Å². The van der Waals surface area contributed by atoms with Crippen molar-refractivity contribution in [3.05, 3.63) is 52.9 Å². The maximum atomic E-state index is 11.8. The molecule has 0 atom stereocenters. The van der Waals surface area contributed by atoms with Gasteiger partial charge in [-0.05, 0) is 0 Å². The van der Waals surface area contributed by atoms with Crippen LogP contribution in [0, 0.1) is 0 Å². The minimum atomic E-state index is -0.681. The fourth-order valence-electron chi connectivity index (χ4n) is 1.53. The predicted molar refractivity (Wildman–Crippen MR) is 60.5 cm³/mol. The Morgan fingerprint density at radius 1 is 1.28 bits per heavy atom. The number of H-pyrrole nitrogens is 1. The van der Waals surface area contributed by atoms with Crippen LogP contribution in [0.4, 0.5) is 0 Å². The Bertz CT molecular complexity index is 735. The molecule has 0 aliphatic rings. The lowest BCUT2D eigenvalue weighted by Gasteiger charge is -1.99. The van der Waals surface area contributed by atoms with Gasteiger partial charge in [0.05, 0.1) is 18.0 Å². The lowest BCUT2D eigenvalue weighted by molar-refractivity contribution is 0.0724. The molecule has 1 N–H and O–H groups in total. The minimum Gasteiger partial charge on any atom is -0.468 e. The van der Waals surface area contributed by atoms with E-state index < -0.39 is 11.4 Å². The molecule has 0 aromatic carbocycles. The Labute approximate surface area is 99.8 Å². The molecule has 3 aromatic heterocycles. The van der Waals surface area contributed by atoms with Crippen molar-refractivity contribution < 1.29 is 18.4 Å². The van der Waals surface area contributed by atoms with Crippen LogP contribution in [-0.4, -0.2) is 11.0 Å². The maximum Gasteiger partial charge on any atom is 0.360 e. The second kappa shape index (κ2) is 3.92. The first-order chi connectivity index (χ1) is 8.74. The molecule has 90 valence electrons. The number of ether oxygens (including phenoxy) is 1. The van der Waals surface area contributed by atoms with Crippen LogP contribution in [0.2, 0.25) is 0 Å².